The Balaban J connectivity index is 2.04. The first kappa shape index (κ1) is 17.0. The zero-order valence-electron chi connectivity index (χ0n) is 14.4. The first-order valence-corrected chi connectivity index (χ1v) is 8.21. The van der Waals surface area contributed by atoms with Crippen LogP contribution in [-0.2, 0) is 0 Å². The molecule has 132 valence electrons. The number of rotatable bonds is 5. The summed E-state index contributed by atoms with van der Waals surface area (Å²) < 4.78 is 10.6. The Kier molecular flexibility index (Phi) is 5.02. The van der Waals surface area contributed by atoms with E-state index >= 15 is 0 Å². The number of hydrogen-bond donors (Lipinski definition) is 1. The minimum absolute atomic E-state index is 0.131. The number of aromatic nitrogens is 2. The minimum atomic E-state index is -1.01. The molecule has 1 saturated heterocycles. The molecule has 7 nitrogen and oxygen atoms in total. The fourth-order valence-electron chi connectivity index (χ4n) is 2.98. The molecule has 0 saturated carbocycles. The molecule has 0 spiro atoms. The van der Waals surface area contributed by atoms with Crippen molar-refractivity contribution in [1.29, 1.82) is 0 Å². The fraction of sp³-hybridized carbons (Fsp3) is 0.389. The summed E-state index contributed by atoms with van der Waals surface area (Å²) in [6.07, 6.45) is 4.61. The first-order chi connectivity index (χ1) is 12.1. The number of anilines is 1. The molecular weight excluding hydrogens is 322 g/mol. The molecule has 2 aromatic rings. The van der Waals surface area contributed by atoms with Gasteiger partial charge >= 0.3 is 5.97 Å². The summed E-state index contributed by atoms with van der Waals surface area (Å²) in [5.74, 6) is 1.12. The van der Waals surface area contributed by atoms with Crippen molar-refractivity contribution in [3.63, 3.8) is 0 Å². The molecule has 1 aromatic heterocycles. The van der Waals surface area contributed by atoms with Crippen LogP contribution in [0.4, 0.5) is 5.82 Å². The van der Waals surface area contributed by atoms with E-state index in [9.17, 15) is 9.90 Å². The van der Waals surface area contributed by atoms with Crippen LogP contribution in [0.2, 0.25) is 0 Å². The average Bonchev–Trinajstić information content (AvgIpc) is 2.67. The van der Waals surface area contributed by atoms with E-state index in [1.54, 1.807) is 26.4 Å². The van der Waals surface area contributed by atoms with E-state index in [2.05, 4.69) is 9.97 Å². The maximum Gasteiger partial charge on any atom is 0.341 e. The molecule has 0 unspecified atom stereocenters. The molecule has 0 radical (unpaired) electrons. The number of methoxy groups -OCH3 is 2. The number of piperidine rings is 1. The monoisotopic (exact) mass is 343 g/mol. The molecule has 1 N–H and O–H groups in total. The number of carbonyl (C=O) groups is 1. The topological polar surface area (TPSA) is 84.8 Å². The van der Waals surface area contributed by atoms with Crippen molar-refractivity contribution < 1.29 is 19.4 Å². The zero-order chi connectivity index (χ0) is 17.8. The lowest BCUT2D eigenvalue weighted by Gasteiger charge is -2.28. The van der Waals surface area contributed by atoms with Gasteiger partial charge in [0, 0.05) is 24.8 Å². The van der Waals surface area contributed by atoms with Crippen LogP contribution in [0, 0.1) is 0 Å². The molecule has 0 bridgehead atoms. The van der Waals surface area contributed by atoms with Crippen LogP contribution in [0.1, 0.15) is 29.6 Å². The standard InChI is InChI=1S/C18H21N3O4/c1-24-14-7-6-12(10-15(14)25-2)16-19-11-13(18(22)23)17(20-16)21-8-4-3-5-9-21/h6-7,10-11H,3-5,8-9H2,1-2H3,(H,22,23). The number of carboxylic acids is 1. The van der Waals surface area contributed by atoms with E-state index in [0.717, 1.165) is 37.9 Å². The Bertz CT molecular complexity index is 773. The van der Waals surface area contributed by atoms with Crippen LogP contribution >= 0.6 is 0 Å². The summed E-state index contributed by atoms with van der Waals surface area (Å²) in [6, 6.07) is 5.40. The first-order valence-electron chi connectivity index (χ1n) is 8.21. The molecule has 25 heavy (non-hydrogen) atoms. The quantitative estimate of drug-likeness (QED) is 0.893. The Labute approximate surface area is 146 Å². The lowest BCUT2D eigenvalue weighted by molar-refractivity contribution is 0.0696. The normalized spacial score (nSPS) is 14.2. The van der Waals surface area contributed by atoms with Crippen molar-refractivity contribution in [3.8, 4) is 22.9 Å². The molecule has 3 rings (SSSR count). The van der Waals surface area contributed by atoms with Crippen LogP contribution in [0.25, 0.3) is 11.4 Å². The van der Waals surface area contributed by atoms with E-state index in [1.165, 1.54) is 6.20 Å². The number of benzene rings is 1. The molecular formula is C18H21N3O4. The Hall–Kier alpha value is -2.83. The summed E-state index contributed by atoms with van der Waals surface area (Å²) >= 11 is 0. The lowest BCUT2D eigenvalue weighted by atomic mass is 10.1. The number of nitrogens with zero attached hydrogens (tertiary/aromatic N) is 3. The summed E-state index contributed by atoms with van der Waals surface area (Å²) in [4.78, 5) is 22.4. The lowest BCUT2D eigenvalue weighted by Crippen LogP contribution is -2.32. The van der Waals surface area contributed by atoms with Gasteiger partial charge in [0.2, 0.25) is 0 Å². The van der Waals surface area contributed by atoms with Crippen molar-refractivity contribution >= 4 is 11.8 Å². The Morgan fingerprint density at radius 3 is 2.48 bits per heavy atom. The average molecular weight is 343 g/mol. The van der Waals surface area contributed by atoms with E-state index < -0.39 is 5.97 Å². The van der Waals surface area contributed by atoms with Crippen LogP contribution in [0.3, 0.4) is 0 Å². The van der Waals surface area contributed by atoms with Gasteiger partial charge in [0.15, 0.2) is 17.3 Å². The van der Waals surface area contributed by atoms with Crippen LogP contribution in [0.5, 0.6) is 11.5 Å². The second kappa shape index (κ2) is 7.38. The predicted octanol–water partition coefficient (Wildman–Crippen LogP) is 2.85. The van der Waals surface area contributed by atoms with Gasteiger partial charge in [-0.15, -0.1) is 0 Å². The van der Waals surface area contributed by atoms with Crippen LogP contribution in [0.15, 0.2) is 24.4 Å². The summed E-state index contributed by atoms with van der Waals surface area (Å²) in [5.41, 5.74) is 0.874. The number of aromatic carboxylic acids is 1. The molecule has 0 amide bonds. The van der Waals surface area contributed by atoms with E-state index in [0.29, 0.717) is 23.1 Å². The molecule has 1 aliphatic heterocycles. The molecule has 1 aromatic carbocycles. The number of hydrogen-bond acceptors (Lipinski definition) is 6. The number of ether oxygens (including phenoxy) is 2. The molecule has 0 atom stereocenters. The zero-order valence-corrected chi connectivity index (χ0v) is 14.4. The Morgan fingerprint density at radius 2 is 1.84 bits per heavy atom. The second-order valence-corrected chi connectivity index (χ2v) is 5.85. The molecule has 2 heterocycles. The van der Waals surface area contributed by atoms with Gasteiger partial charge in [-0.2, -0.15) is 0 Å². The van der Waals surface area contributed by atoms with E-state index in [1.807, 2.05) is 11.0 Å². The summed E-state index contributed by atoms with van der Waals surface area (Å²) in [6.45, 7) is 1.62. The van der Waals surface area contributed by atoms with Crippen molar-refractivity contribution in [1.82, 2.24) is 9.97 Å². The van der Waals surface area contributed by atoms with E-state index in [4.69, 9.17) is 9.47 Å². The Morgan fingerprint density at radius 1 is 1.12 bits per heavy atom. The SMILES string of the molecule is COc1ccc(-c2ncc(C(=O)O)c(N3CCCCC3)n2)cc1OC. The van der Waals surface area contributed by atoms with Crippen LogP contribution in [-0.4, -0.2) is 48.4 Å². The van der Waals surface area contributed by atoms with Crippen molar-refractivity contribution in [2.45, 2.75) is 19.3 Å². The highest BCUT2D eigenvalue weighted by Gasteiger charge is 2.21. The van der Waals surface area contributed by atoms with E-state index in [-0.39, 0.29) is 5.56 Å². The maximum absolute atomic E-state index is 11.6. The van der Waals surface area contributed by atoms with Gasteiger partial charge in [0.25, 0.3) is 0 Å². The summed E-state index contributed by atoms with van der Waals surface area (Å²) in [7, 11) is 3.14. The predicted molar refractivity (Wildman–Crippen MR) is 93.6 cm³/mol. The van der Waals surface area contributed by atoms with Gasteiger partial charge in [-0.1, -0.05) is 0 Å². The summed E-state index contributed by atoms with van der Waals surface area (Å²) in [5, 5.41) is 9.47. The highest BCUT2D eigenvalue weighted by atomic mass is 16.5. The van der Waals surface area contributed by atoms with Gasteiger partial charge in [-0.3, -0.25) is 0 Å². The molecule has 7 heteroatoms. The third-order valence-corrected chi connectivity index (χ3v) is 4.30. The van der Waals surface area contributed by atoms with Crippen LogP contribution < -0.4 is 14.4 Å². The van der Waals surface area contributed by atoms with Gasteiger partial charge in [0.1, 0.15) is 11.4 Å². The molecule has 0 aliphatic carbocycles. The fourth-order valence-corrected chi connectivity index (χ4v) is 2.98. The van der Waals surface area contributed by atoms with Crippen molar-refractivity contribution in [3.05, 3.63) is 30.0 Å². The second-order valence-electron chi connectivity index (χ2n) is 5.85. The largest absolute Gasteiger partial charge is 0.493 e. The maximum atomic E-state index is 11.6. The minimum Gasteiger partial charge on any atom is -0.493 e. The smallest absolute Gasteiger partial charge is 0.341 e. The van der Waals surface area contributed by atoms with Gasteiger partial charge in [-0.25, -0.2) is 14.8 Å². The molecule has 1 fully saturated rings. The van der Waals surface area contributed by atoms with Gasteiger partial charge in [0.05, 0.1) is 14.2 Å². The van der Waals surface area contributed by atoms with Crippen molar-refractivity contribution in [2.24, 2.45) is 0 Å². The third kappa shape index (κ3) is 3.50. The highest BCUT2D eigenvalue weighted by molar-refractivity contribution is 5.93. The number of carboxylic acid groups (broad SMARTS) is 1. The highest BCUT2D eigenvalue weighted by Crippen LogP contribution is 2.32. The van der Waals surface area contributed by atoms with Gasteiger partial charge in [-0.05, 0) is 37.5 Å². The van der Waals surface area contributed by atoms with Gasteiger partial charge < -0.3 is 19.5 Å². The van der Waals surface area contributed by atoms with Crippen molar-refractivity contribution in [2.75, 3.05) is 32.2 Å². The third-order valence-electron chi connectivity index (χ3n) is 4.30. The molecule has 1 aliphatic rings.